The smallest absolute Gasteiger partial charge is 0.227 e. The summed E-state index contributed by atoms with van der Waals surface area (Å²) in [6.07, 6.45) is 2.39. The van der Waals surface area contributed by atoms with Gasteiger partial charge < -0.3 is 9.80 Å². The Morgan fingerprint density at radius 2 is 1.64 bits per heavy atom. The number of piperidine rings is 1. The third kappa shape index (κ3) is 5.27. The predicted molar refractivity (Wildman–Crippen MR) is 162 cm³/mol. The Labute approximate surface area is 250 Å². The molecule has 1 aliphatic carbocycles. The largest absolute Gasteiger partial charge is 0.342 e. The fourth-order valence-electron chi connectivity index (χ4n) is 8.08. The molecule has 0 saturated carbocycles. The van der Waals surface area contributed by atoms with Crippen LogP contribution >= 0.6 is 0 Å². The van der Waals surface area contributed by atoms with Crippen molar-refractivity contribution in [2.24, 2.45) is 5.92 Å². The molecule has 1 unspecified atom stereocenters. The molecule has 2 aromatic carbocycles. The van der Waals surface area contributed by atoms with E-state index in [9.17, 15) is 14.0 Å². The zero-order chi connectivity index (χ0) is 30.7. The lowest BCUT2D eigenvalue weighted by Crippen LogP contribution is -2.58. The first-order valence-corrected chi connectivity index (χ1v) is 15.5. The highest BCUT2D eigenvalue weighted by Crippen LogP contribution is 2.50. The number of carbonyl (C=O) groups excluding carboxylic acids is 2. The van der Waals surface area contributed by atoms with Crippen LogP contribution in [0.2, 0.25) is 0 Å². The quantitative estimate of drug-likeness (QED) is 0.437. The molecule has 2 aromatic rings. The van der Waals surface area contributed by atoms with Crippen LogP contribution in [0.3, 0.4) is 0 Å². The van der Waals surface area contributed by atoms with Crippen molar-refractivity contribution >= 4 is 11.8 Å². The van der Waals surface area contributed by atoms with Gasteiger partial charge in [-0.3, -0.25) is 14.5 Å². The van der Waals surface area contributed by atoms with E-state index < -0.39 is 17.6 Å². The van der Waals surface area contributed by atoms with E-state index >= 15 is 4.39 Å². The molecule has 0 aromatic heterocycles. The molecule has 0 radical (unpaired) electrons. The first-order chi connectivity index (χ1) is 19.6. The number of hydrogen-bond donors (Lipinski definition) is 0. The molecule has 3 atom stereocenters. The minimum absolute atomic E-state index is 0.0485. The maximum atomic E-state index is 15.0. The zero-order valence-corrected chi connectivity index (χ0v) is 26.6. The number of aryl methyl sites for hydroxylation is 2. The Morgan fingerprint density at radius 1 is 1.00 bits per heavy atom. The van der Waals surface area contributed by atoms with Crippen molar-refractivity contribution in [2.75, 3.05) is 26.2 Å². The average Bonchev–Trinajstić information content (AvgIpc) is 3.45. The molecule has 7 heteroatoms. The summed E-state index contributed by atoms with van der Waals surface area (Å²) in [5.41, 5.74) is 5.19. The number of nitrogens with zero attached hydrogens (tertiary/aromatic N) is 3. The Bertz CT molecular complexity index is 1370. The summed E-state index contributed by atoms with van der Waals surface area (Å²) in [6.45, 7) is 18.7. The van der Waals surface area contributed by atoms with E-state index in [0.29, 0.717) is 31.7 Å². The van der Waals surface area contributed by atoms with Crippen molar-refractivity contribution in [1.82, 2.24) is 14.7 Å². The van der Waals surface area contributed by atoms with Gasteiger partial charge in [0.1, 0.15) is 11.6 Å². The Balaban J connectivity index is 1.45. The van der Waals surface area contributed by atoms with Crippen LogP contribution in [0.15, 0.2) is 30.3 Å². The number of amides is 2. The fourth-order valence-corrected chi connectivity index (χ4v) is 8.08. The molecular formula is C35H47F2N3O2. The van der Waals surface area contributed by atoms with Gasteiger partial charge >= 0.3 is 0 Å². The van der Waals surface area contributed by atoms with Crippen molar-refractivity contribution in [3.8, 4) is 0 Å². The monoisotopic (exact) mass is 579 g/mol. The van der Waals surface area contributed by atoms with Gasteiger partial charge in [0.25, 0.3) is 0 Å². The van der Waals surface area contributed by atoms with Crippen LogP contribution in [-0.2, 0) is 21.4 Å². The van der Waals surface area contributed by atoms with Gasteiger partial charge in [-0.25, -0.2) is 8.78 Å². The van der Waals surface area contributed by atoms with Crippen LogP contribution in [0, 0.1) is 31.4 Å². The van der Waals surface area contributed by atoms with Crippen LogP contribution < -0.4 is 0 Å². The Morgan fingerprint density at radius 3 is 2.21 bits per heavy atom. The molecule has 2 heterocycles. The summed E-state index contributed by atoms with van der Waals surface area (Å²) in [5, 5.41) is 0. The highest BCUT2D eigenvalue weighted by molar-refractivity contribution is 5.81. The number of hydrogen-bond acceptors (Lipinski definition) is 3. The molecule has 2 amide bonds. The summed E-state index contributed by atoms with van der Waals surface area (Å²) in [4.78, 5) is 33.5. The second-order valence-electron chi connectivity index (χ2n) is 14.3. The summed E-state index contributed by atoms with van der Waals surface area (Å²) in [7, 11) is 0. The van der Waals surface area contributed by atoms with Gasteiger partial charge in [-0.1, -0.05) is 18.2 Å². The van der Waals surface area contributed by atoms with E-state index in [0.717, 1.165) is 25.3 Å². The lowest BCUT2D eigenvalue weighted by molar-refractivity contribution is -0.140. The summed E-state index contributed by atoms with van der Waals surface area (Å²) >= 11 is 0. The number of fused-ring (bicyclic) bond motifs is 2. The first kappa shape index (κ1) is 30.7. The number of likely N-dealkylation sites (tertiary alicyclic amines) is 2. The Hall–Kier alpha value is -2.80. The van der Waals surface area contributed by atoms with Gasteiger partial charge in [0.2, 0.25) is 11.8 Å². The van der Waals surface area contributed by atoms with Crippen molar-refractivity contribution in [3.63, 3.8) is 0 Å². The van der Waals surface area contributed by atoms with E-state index in [1.807, 2.05) is 4.90 Å². The van der Waals surface area contributed by atoms with Gasteiger partial charge in [0.05, 0.1) is 5.92 Å². The molecule has 5 rings (SSSR count). The van der Waals surface area contributed by atoms with Crippen molar-refractivity contribution < 1.29 is 18.4 Å². The zero-order valence-electron chi connectivity index (χ0n) is 26.6. The van der Waals surface area contributed by atoms with E-state index in [4.69, 9.17) is 0 Å². The number of benzene rings is 2. The molecule has 2 saturated heterocycles. The normalized spacial score (nSPS) is 24.0. The first-order valence-electron chi connectivity index (χ1n) is 15.5. The number of rotatable bonds is 4. The maximum absolute atomic E-state index is 15.0. The van der Waals surface area contributed by atoms with E-state index in [1.54, 1.807) is 6.92 Å². The van der Waals surface area contributed by atoms with Gasteiger partial charge in [-0.05, 0) is 102 Å². The summed E-state index contributed by atoms with van der Waals surface area (Å²) in [5.74, 6) is -1.80. The average molecular weight is 580 g/mol. The van der Waals surface area contributed by atoms with E-state index in [-0.39, 0.29) is 40.8 Å². The molecule has 2 aliphatic heterocycles. The molecule has 228 valence electrons. The third-order valence-corrected chi connectivity index (χ3v) is 10.5. The number of carbonyl (C=O) groups is 2. The fraction of sp³-hybridized carbons (Fsp3) is 0.600. The second-order valence-corrected chi connectivity index (χ2v) is 14.3. The van der Waals surface area contributed by atoms with Crippen molar-refractivity contribution in [3.05, 3.63) is 69.8 Å². The van der Waals surface area contributed by atoms with Gasteiger partial charge in [0.15, 0.2) is 0 Å². The molecule has 5 nitrogen and oxygen atoms in total. The molecule has 42 heavy (non-hydrogen) atoms. The molecule has 3 aliphatic rings. The van der Waals surface area contributed by atoms with Crippen LogP contribution in [0.4, 0.5) is 8.78 Å². The molecule has 0 N–H and O–H groups in total. The topological polar surface area (TPSA) is 43.9 Å². The molecule has 2 fully saturated rings. The third-order valence-electron chi connectivity index (χ3n) is 10.5. The minimum atomic E-state index is -0.607. The SMILES string of the molecule is CC(=O)N(C(C)C)[C@@H]1Cc2cc(C)c(C)cc2C12CCN(C(=O)C1CN(C(C)(C)C)C[C@H]1c1ccc(F)cc1F)CC2. The summed E-state index contributed by atoms with van der Waals surface area (Å²) in [6, 6.07) is 8.48. The maximum Gasteiger partial charge on any atom is 0.227 e. The van der Waals surface area contributed by atoms with Crippen molar-refractivity contribution in [2.45, 2.75) is 104 Å². The van der Waals surface area contributed by atoms with Crippen LogP contribution in [-0.4, -0.2) is 70.3 Å². The highest BCUT2D eigenvalue weighted by Gasteiger charge is 2.53. The predicted octanol–water partition coefficient (Wildman–Crippen LogP) is 6.14. The summed E-state index contributed by atoms with van der Waals surface area (Å²) < 4.78 is 28.8. The van der Waals surface area contributed by atoms with Crippen LogP contribution in [0.1, 0.15) is 88.1 Å². The van der Waals surface area contributed by atoms with E-state index in [2.05, 4.69) is 70.4 Å². The van der Waals surface area contributed by atoms with Crippen LogP contribution in [0.5, 0.6) is 0 Å². The van der Waals surface area contributed by atoms with Gasteiger partial charge in [-0.2, -0.15) is 0 Å². The van der Waals surface area contributed by atoms with E-state index in [1.165, 1.54) is 34.4 Å². The Kier molecular flexibility index (Phi) is 8.06. The van der Waals surface area contributed by atoms with Gasteiger partial charge in [-0.15, -0.1) is 0 Å². The standard InChI is InChI=1S/C35H47F2N3O2/c1-21(2)40(24(5)41)32-17-25-15-22(3)23(4)16-30(25)35(32)11-13-38(14-12-35)33(42)29-20-39(34(6,7)8)19-28(29)27-10-9-26(36)18-31(27)37/h9-10,15-16,18,21,28-29,32H,11-14,17,19-20H2,1-8H3/t28-,29?,32+/m0/s1. The number of halogens is 2. The van der Waals surface area contributed by atoms with Gasteiger partial charge in [0, 0.05) is 68.1 Å². The molecule has 0 bridgehead atoms. The molecule has 1 spiro atoms. The molecular weight excluding hydrogens is 532 g/mol. The highest BCUT2D eigenvalue weighted by atomic mass is 19.1. The lowest BCUT2D eigenvalue weighted by atomic mass is 9.69. The van der Waals surface area contributed by atoms with Crippen LogP contribution in [0.25, 0.3) is 0 Å². The van der Waals surface area contributed by atoms with Crippen molar-refractivity contribution in [1.29, 1.82) is 0 Å². The minimum Gasteiger partial charge on any atom is -0.342 e. The second kappa shape index (κ2) is 11.0. The lowest BCUT2D eigenvalue weighted by Gasteiger charge is -2.49.